The van der Waals surface area contributed by atoms with Gasteiger partial charge in [-0.1, -0.05) is 38.1 Å². The second-order valence-electron chi connectivity index (χ2n) is 6.88. The highest BCUT2D eigenvalue weighted by molar-refractivity contribution is 5.94. The van der Waals surface area contributed by atoms with Crippen LogP contribution in [-0.4, -0.2) is 67.2 Å². The van der Waals surface area contributed by atoms with E-state index in [2.05, 4.69) is 25.7 Å². The molecule has 0 bridgehead atoms. The lowest BCUT2D eigenvalue weighted by Crippen LogP contribution is -2.53. The Morgan fingerprint density at radius 1 is 1.38 bits per heavy atom. The van der Waals surface area contributed by atoms with Gasteiger partial charge in [0.15, 0.2) is 0 Å². The summed E-state index contributed by atoms with van der Waals surface area (Å²) < 4.78 is 5.83. The number of benzene rings is 1. The number of carbonyl (C=O) groups excluding carboxylic acids is 2. The molecule has 2 rings (SSSR count). The van der Waals surface area contributed by atoms with Crippen LogP contribution in [0.3, 0.4) is 0 Å². The zero-order valence-corrected chi connectivity index (χ0v) is 15.7. The fraction of sp³-hybridized carbons (Fsp3) is 0.500. The van der Waals surface area contributed by atoms with Gasteiger partial charge in [-0.25, -0.2) is 4.79 Å². The van der Waals surface area contributed by atoms with Gasteiger partial charge in [0.2, 0.25) is 0 Å². The van der Waals surface area contributed by atoms with Crippen molar-refractivity contribution >= 4 is 11.9 Å². The monoisotopic (exact) mass is 359 g/mol. The second kappa shape index (κ2) is 9.97. The number of nitrogens with one attached hydrogen (secondary N) is 1. The van der Waals surface area contributed by atoms with E-state index >= 15 is 0 Å². The highest BCUT2D eigenvalue weighted by Crippen LogP contribution is 2.13. The van der Waals surface area contributed by atoms with Crippen molar-refractivity contribution in [1.82, 2.24) is 15.1 Å². The average Bonchev–Trinajstić information content (AvgIpc) is 2.65. The van der Waals surface area contributed by atoms with Crippen molar-refractivity contribution in [3.8, 4) is 0 Å². The minimum absolute atomic E-state index is 0.00358. The van der Waals surface area contributed by atoms with Crippen molar-refractivity contribution in [2.75, 3.05) is 39.3 Å². The van der Waals surface area contributed by atoms with Gasteiger partial charge >= 0.3 is 6.03 Å². The van der Waals surface area contributed by atoms with E-state index in [1.54, 1.807) is 11.0 Å². The van der Waals surface area contributed by atoms with Gasteiger partial charge in [0.1, 0.15) is 0 Å². The zero-order valence-electron chi connectivity index (χ0n) is 15.7. The van der Waals surface area contributed by atoms with Crippen LogP contribution in [0.2, 0.25) is 0 Å². The smallest absolute Gasteiger partial charge is 0.317 e. The van der Waals surface area contributed by atoms with Crippen LogP contribution >= 0.6 is 0 Å². The molecule has 1 atom stereocenters. The summed E-state index contributed by atoms with van der Waals surface area (Å²) in [5.74, 6) is 0.342. The lowest BCUT2D eigenvalue weighted by molar-refractivity contribution is -0.0286. The minimum atomic E-state index is -0.190. The molecule has 1 saturated heterocycles. The van der Waals surface area contributed by atoms with E-state index in [-0.39, 0.29) is 18.0 Å². The number of hydrogen-bond donors (Lipinski definition) is 1. The van der Waals surface area contributed by atoms with Crippen LogP contribution in [0.4, 0.5) is 4.79 Å². The Kier molecular flexibility index (Phi) is 7.66. The third-order valence-corrected chi connectivity index (χ3v) is 4.14. The number of nitrogens with zero attached hydrogens (tertiary/aromatic N) is 2. The predicted octanol–water partition coefficient (Wildman–Crippen LogP) is 2.38. The maximum absolute atomic E-state index is 12.9. The normalized spacial score (nSPS) is 17.0. The molecule has 1 N–H and O–H groups in total. The number of ether oxygens (including phenoxy) is 1. The Hall–Kier alpha value is -2.34. The fourth-order valence-electron chi connectivity index (χ4n) is 2.98. The summed E-state index contributed by atoms with van der Waals surface area (Å²) in [6, 6.07) is 9.16. The van der Waals surface area contributed by atoms with Crippen LogP contribution in [0.5, 0.6) is 0 Å². The van der Waals surface area contributed by atoms with Gasteiger partial charge in [0, 0.05) is 31.7 Å². The number of rotatable bonds is 7. The van der Waals surface area contributed by atoms with Gasteiger partial charge in [-0.3, -0.25) is 4.79 Å². The van der Waals surface area contributed by atoms with E-state index in [0.29, 0.717) is 50.8 Å². The van der Waals surface area contributed by atoms with Crippen molar-refractivity contribution in [3.63, 3.8) is 0 Å². The average molecular weight is 359 g/mol. The molecule has 1 aliphatic rings. The molecule has 6 nitrogen and oxygen atoms in total. The largest absolute Gasteiger partial charge is 0.373 e. The number of morpholine rings is 1. The van der Waals surface area contributed by atoms with Crippen molar-refractivity contribution in [1.29, 1.82) is 0 Å². The Morgan fingerprint density at radius 2 is 2.12 bits per heavy atom. The topological polar surface area (TPSA) is 61.9 Å². The van der Waals surface area contributed by atoms with Gasteiger partial charge in [0.25, 0.3) is 5.91 Å². The minimum Gasteiger partial charge on any atom is -0.373 e. The van der Waals surface area contributed by atoms with Crippen molar-refractivity contribution < 1.29 is 14.3 Å². The highest BCUT2D eigenvalue weighted by atomic mass is 16.5. The number of carbonyl (C=O) groups is 2. The maximum Gasteiger partial charge on any atom is 0.317 e. The van der Waals surface area contributed by atoms with Crippen LogP contribution in [0.15, 0.2) is 43.0 Å². The Balaban J connectivity index is 2.01. The first kappa shape index (κ1) is 20.0. The first-order chi connectivity index (χ1) is 12.5. The molecule has 6 heteroatoms. The molecule has 1 fully saturated rings. The molecule has 142 valence electrons. The molecular formula is C20H29N3O3. The van der Waals surface area contributed by atoms with Crippen molar-refractivity contribution in [2.24, 2.45) is 5.92 Å². The molecule has 0 radical (unpaired) electrons. The van der Waals surface area contributed by atoms with Crippen LogP contribution in [-0.2, 0) is 4.74 Å². The molecule has 0 spiro atoms. The SMILES string of the molecule is C=CCNC(=O)N1CCO[C@@H](CN(CC(C)C)C(=O)c2ccccc2)C1. The van der Waals surface area contributed by atoms with E-state index < -0.39 is 0 Å². The maximum atomic E-state index is 12.9. The summed E-state index contributed by atoms with van der Waals surface area (Å²) in [7, 11) is 0. The highest BCUT2D eigenvalue weighted by Gasteiger charge is 2.28. The van der Waals surface area contributed by atoms with Crippen molar-refractivity contribution in [2.45, 2.75) is 20.0 Å². The summed E-state index contributed by atoms with van der Waals surface area (Å²) in [5, 5.41) is 2.79. The quantitative estimate of drug-likeness (QED) is 0.761. The number of urea groups is 1. The van der Waals surface area contributed by atoms with Crippen LogP contribution in [0.25, 0.3) is 0 Å². The third-order valence-electron chi connectivity index (χ3n) is 4.14. The summed E-state index contributed by atoms with van der Waals surface area (Å²) in [6.07, 6.45) is 1.46. The number of hydrogen-bond acceptors (Lipinski definition) is 3. The molecule has 0 aliphatic carbocycles. The molecule has 26 heavy (non-hydrogen) atoms. The molecule has 1 heterocycles. The van der Waals surface area contributed by atoms with E-state index in [9.17, 15) is 9.59 Å². The second-order valence-corrected chi connectivity index (χ2v) is 6.88. The summed E-state index contributed by atoms with van der Waals surface area (Å²) >= 11 is 0. The molecule has 0 saturated carbocycles. The molecular weight excluding hydrogens is 330 g/mol. The Labute approximate surface area is 155 Å². The van der Waals surface area contributed by atoms with E-state index in [0.717, 1.165) is 0 Å². The zero-order chi connectivity index (χ0) is 18.9. The Morgan fingerprint density at radius 3 is 2.77 bits per heavy atom. The van der Waals surface area contributed by atoms with Gasteiger partial charge in [-0.2, -0.15) is 0 Å². The lowest BCUT2D eigenvalue weighted by Gasteiger charge is -2.36. The molecule has 0 unspecified atom stereocenters. The summed E-state index contributed by atoms with van der Waals surface area (Å²) in [6.45, 7) is 10.8. The summed E-state index contributed by atoms with van der Waals surface area (Å²) in [5.41, 5.74) is 0.671. The first-order valence-electron chi connectivity index (χ1n) is 9.10. The van der Waals surface area contributed by atoms with Crippen molar-refractivity contribution in [3.05, 3.63) is 48.6 Å². The van der Waals surface area contributed by atoms with Gasteiger partial charge in [-0.15, -0.1) is 6.58 Å². The standard InChI is InChI=1S/C20H29N3O3/c1-4-10-21-20(25)22-11-12-26-18(14-22)15-23(13-16(2)3)19(24)17-8-6-5-7-9-17/h4-9,16,18H,1,10-15H2,2-3H3,(H,21,25)/t18-/m1/s1. The summed E-state index contributed by atoms with van der Waals surface area (Å²) in [4.78, 5) is 28.6. The Bertz CT molecular complexity index is 604. The molecule has 1 aromatic rings. The third kappa shape index (κ3) is 5.88. The first-order valence-corrected chi connectivity index (χ1v) is 9.10. The van der Waals surface area contributed by atoms with E-state index in [4.69, 9.17) is 4.74 Å². The van der Waals surface area contributed by atoms with Crippen LogP contribution < -0.4 is 5.32 Å². The van der Waals surface area contributed by atoms with Crippen LogP contribution in [0, 0.1) is 5.92 Å². The molecule has 1 aliphatic heterocycles. The fourth-order valence-corrected chi connectivity index (χ4v) is 2.98. The molecule has 3 amide bonds. The van der Waals surface area contributed by atoms with Gasteiger partial charge in [0.05, 0.1) is 19.3 Å². The van der Waals surface area contributed by atoms with Gasteiger partial charge in [-0.05, 0) is 18.1 Å². The van der Waals surface area contributed by atoms with Crippen LogP contribution in [0.1, 0.15) is 24.2 Å². The molecule has 0 aromatic heterocycles. The number of amides is 3. The van der Waals surface area contributed by atoms with E-state index in [1.807, 2.05) is 35.2 Å². The predicted molar refractivity (Wildman–Crippen MR) is 102 cm³/mol. The molecule has 1 aromatic carbocycles. The van der Waals surface area contributed by atoms with E-state index in [1.165, 1.54) is 0 Å². The lowest BCUT2D eigenvalue weighted by atomic mass is 10.1. The van der Waals surface area contributed by atoms with Gasteiger partial charge < -0.3 is 19.9 Å².